The van der Waals surface area contributed by atoms with Crippen LogP contribution in [0.15, 0.2) is 4.52 Å². The number of carbonyl (C=O) groups excluding carboxylic acids is 1. The molecule has 0 aliphatic rings. The quantitative estimate of drug-likeness (QED) is 0.780. The van der Waals surface area contributed by atoms with Crippen LogP contribution in [-0.4, -0.2) is 17.1 Å². The van der Waals surface area contributed by atoms with Gasteiger partial charge in [-0.15, -0.1) is 0 Å². The number of hydrogen-bond donors (Lipinski definition) is 2. The van der Waals surface area contributed by atoms with E-state index in [-0.39, 0.29) is 11.9 Å². The molecule has 96 valence electrons. The Morgan fingerprint density at radius 2 is 2.18 bits per heavy atom. The van der Waals surface area contributed by atoms with Crippen LogP contribution >= 0.6 is 0 Å². The highest BCUT2D eigenvalue weighted by Gasteiger charge is 2.14. The molecule has 0 bridgehead atoms. The lowest BCUT2D eigenvalue weighted by Gasteiger charge is -2.07. The number of aryl methyl sites for hydroxylation is 2. The predicted molar refractivity (Wildman–Crippen MR) is 65.4 cm³/mol. The van der Waals surface area contributed by atoms with Crippen LogP contribution in [0, 0.1) is 0 Å². The second kappa shape index (κ2) is 6.39. The van der Waals surface area contributed by atoms with Crippen molar-refractivity contribution in [2.75, 3.05) is 0 Å². The van der Waals surface area contributed by atoms with Crippen molar-refractivity contribution in [3.05, 3.63) is 17.0 Å². The molecule has 5 nitrogen and oxygen atoms in total. The van der Waals surface area contributed by atoms with Crippen molar-refractivity contribution < 1.29 is 9.32 Å². The third-order valence-electron chi connectivity index (χ3n) is 2.58. The number of hydrogen-bond acceptors (Lipinski definition) is 4. The highest BCUT2D eigenvalue weighted by atomic mass is 16.5. The average Bonchev–Trinajstić information content (AvgIpc) is 2.67. The molecule has 0 aliphatic carbocycles. The maximum Gasteiger partial charge on any atom is 0.221 e. The zero-order valence-electron chi connectivity index (χ0n) is 10.7. The zero-order chi connectivity index (χ0) is 12.8. The van der Waals surface area contributed by atoms with E-state index in [4.69, 9.17) is 10.3 Å². The van der Waals surface area contributed by atoms with Gasteiger partial charge in [-0.1, -0.05) is 19.0 Å². The van der Waals surface area contributed by atoms with Gasteiger partial charge in [0.05, 0.1) is 5.69 Å². The van der Waals surface area contributed by atoms with Crippen molar-refractivity contribution in [2.45, 2.75) is 52.6 Å². The summed E-state index contributed by atoms with van der Waals surface area (Å²) in [6.45, 7) is 6.31. The zero-order valence-corrected chi connectivity index (χ0v) is 10.7. The summed E-state index contributed by atoms with van der Waals surface area (Å²) in [5, 5.41) is 6.84. The molecule has 3 N–H and O–H groups in total. The van der Waals surface area contributed by atoms with Gasteiger partial charge in [0.25, 0.3) is 0 Å². The summed E-state index contributed by atoms with van der Waals surface area (Å²) in [7, 11) is 0. The summed E-state index contributed by atoms with van der Waals surface area (Å²) in [5.74, 6) is 0.813. The largest absolute Gasteiger partial charge is 0.361 e. The Morgan fingerprint density at radius 1 is 1.47 bits per heavy atom. The minimum atomic E-state index is -0.117. The number of nitrogens with zero attached hydrogens (tertiary/aromatic N) is 1. The maximum atomic E-state index is 11.5. The molecule has 5 heteroatoms. The average molecular weight is 239 g/mol. The standard InChI is InChI=1S/C12H21N3O2/c1-4-10-9(11(5-2)17-15-10)7-14-12(16)6-8(3)13/h8H,4-7,13H2,1-3H3,(H,14,16). The fourth-order valence-corrected chi connectivity index (χ4v) is 1.69. The topological polar surface area (TPSA) is 81.2 Å². The van der Waals surface area contributed by atoms with Crippen LogP contribution < -0.4 is 11.1 Å². The summed E-state index contributed by atoms with van der Waals surface area (Å²) in [5.41, 5.74) is 7.49. The van der Waals surface area contributed by atoms with E-state index in [0.717, 1.165) is 29.9 Å². The van der Waals surface area contributed by atoms with Crippen molar-refractivity contribution in [3.8, 4) is 0 Å². The molecule has 1 unspecified atom stereocenters. The Labute approximate surface area is 102 Å². The summed E-state index contributed by atoms with van der Waals surface area (Å²) in [4.78, 5) is 11.5. The Kier molecular flexibility index (Phi) is 5.15. The summed E-state index contributed by atoms with van der Waals surface area (Å²) in [6, 6.07) is -0.117. The van der Waals surface area contributed by atoms with Crippen molar-refractivity contribution in [1.82, 2.24) is 10.5 Å². The second-order valence-corrected chi connectivity index (χ2v) is 4.20. The molecule has 0 radical (unpaired) electrons. The molecule has 0 saturated heterocycles. The monoisotopic (exact) mass is 239 g/mol. The number of aromatic nitrogens is 1. The Hall–Kier alpha value is -1.36. The predicted octanol–water partition coefficient (Wildman–Crippen LogP) is 1.15. The van der Waals surface area contributed by atoms with Crippen molar-refractivity contribution in [1.29, 1.82) is 0 Å². The lowest BCUT2D eigenvalue weighted by molar-refractivity contribution is -0.121. The van der Waals surface area contributed by atoms with Gasteiger partial charge in [0.15, 0.2) is 0 Å². The van der Waals surface area contributed by atoms with Crippen LogP contribution in [0.2, 0.25) is 0 Å². The summed E-state index contributed by atoms with van der Waals surface area (Å²) >= 11 is 0. The van der Waals surface area contributed by atoms with Crippen molar-refractivity contribution >= 4 is 5.91 Å². The molecule has 1 rings (SSSR count). The molecule has 0 aliphatic heterocycles. The normalized spacial score (nSPS) is 12.5. The van der Waals surface area contributed by atoms with Gasteiger partial charge in [-0.25, -0.2) is 0 Å². The molecule has 17 heavy (non-hydrogen) atoms. The summed E-state index contributed by atoms with van der Waals surface area (Å²) < 4.78 is 5.22. The van der Waals surface area contributed by atoms with Crippen LogP contribution in [0.4, 0.5) is 0 Å². The van der Waals surface area contributed by atoms with Gasteiger partial charge >= 0.3 is 0 Å². The van der Waals surface area contributed by atoms with Crippen LogP contribution in [0.1, 0.15) is 44.2 Å². The van der Waals surface area contributed by atoms with E-state index >= 15 is 0 Å². The third kappa shape index (κ3) is 3.85. The van der Waals surface area contributed by atoms with Crippen molar-refractivity contribution in [3.63, 3.8) is 0 Å². The number of nitrogens with one attached hydrogen (secondary N) is 1. The summed E-state index contributed by atoms with van der Waals surface area (Å²) in [6.07, 6.45) is 1.93. The SMILES string of the molecule is CCc1noc(CC)c1CNC(=O)CC(C)N. The molecular formula is C12H21N3O2. The molecular weight excluding hydrogens is 218 g/mol. The van der Waals surface area contributed by atoms with Gasteiger partial charge in [0, 0.05) is 31.0 Å². The van der Waals surface area contributed by atoms with Gasteiger partial charge in [0.1, 0.15) is 5.76 Å². The fraction of sp³-hybridized carbons (Fsp3) is 0.667. The molecule has 1 aromatic rings. The lowest BCUT2D eigenvalue weighted by Crippen LogP contribution is -2.29. The Bertz CT molecular complexity index is 350. The molecule has 0 spiro atoms. The molecule has 1 aromatic heterocycles. The molecule has 0 aromatic carbocycles. The number of amides is 1. The second-order valence-electron chi connectivity index (χ2n) is 4.20. The van der Waals surface area contributed by atoms with Crippen LogP contribution in [0.5, 0.6) is 0 Å². The molecule has 1 amide bonds. The van der Waals surface area contributed by atoms with E-state index in [9.17, 15) is 4.79 Å². The van der Waals surface area contributed by atoms with Gasteiger partial charge in [-0.05, 0) is 13.3 Å². The van der Waals surface area contributed by atoms with Gasteiger partial charge in [-0.2, -0.15) is 0 Å². The van der Waals surface area contributed by atoms with E-state index in [0.29, 0.717) is 13.0 Å². The fourth-order valence-electron chi connectivity index (χ4n) is 1.69. The smallest absolute Gasteiger partial charge is 0.221 e. The van der Waals surface area contributed by atoms with E-state index in [1.807, 2.05) is 20.8 Å². The first-order chi connectivity index (χ1) is 8.08. The number of carbonyl (C=O) groups is 1. The van der Waals surface area contributed by atoms with Gasteiger partial charge in [-0.3, -0.25) is 4.79 Å². The highest BCUT2D eigenvalue weighted by molar-refractivity contribution is 5.76. The highest BCUT2D eigenvalue weighted by Crippen LogP contribution is 2.15. The van der Waals surface area contributed by atoms with Crippen LogP contribution in [0.3, 0.4) is 0 Å². The van der Waals surface area contributed by atoms with Crippen LogP contribution in [0.25, 0.3) is 0 Å². The number of rotatable bonds is 6. The minimum Gasteiger partial charge on any atom is -0.361 e. The molecule has 0 saturated carbocycles. The van der Waals surface area contributed by atoms with Gasteiger partial charge in [0.2, 0.25) is 5.91 Å². The van der Waals surface area contributed by atoms with E-state index < -0.39 is 0 Å². The Balaban J connectivity index is 2.61. The van der Waals surface area contributed by atoms with E-state index in [1.54, 1.807) is 0 Å². The van der Waals surface area contributed by atoms with E-state index in [1.165, 1.54) is 0 Å². The number of nitrogens with two attached hydrogens (primary N) is 1. The minimum absolute atomic E-state index is 0.0368. The van der Waals surface area contributed by atoms with Crippen LogP contribution in [-0.2, 0) is 24.2 Å². The Morgan fingerprint density at radius 3 is 2.71 bits per heavy atom. The molecule has 1 heterocycles. The van der Waals surface area contributed by atoms with Gasteiger partial charge < -0.3 is 15.6 Å². The first-order valence-electron chi connectivity index (χ1n) is 6.07. The maximum absolute atomic E-state index is 11.5. The van der Waals surface area contributed by atoms with Crippen molar-refractivity contribution in [2.24, 2.45) is 5.73 Å². The van der Waals surface area contributed by atoms with E-state index in [2.05, 4.69) is 10.5 Å². The first-order valence-corrected chi connectivity index (χ1v) is 6.07. The molecule has 1 atom stereocenters. The molecule has 0 fully saturated rings. The third-order valence-corrected chi connectivity index (χ3v) is 2.58. The first kappa shape index (κ1) is 13.7. The lowest BCUT2D eigenvalue weighted by atomic mass is 10.1.